The first kappa shape index (κ1) is 19.7. The van der Waals surface area contributed by atoms with Gasteiger partial charge in [-0.25, -0.2) is 9.37 Å². The fraction of sp³-hybridized carbons (Fsp3) is 0.300. The normalized spacial score (nSPS) is 12.3. The second-order valence-corrected chi connectivity index (χ2v) is 8.44. The van der Waals surface area contributed by atoms with Crippen molar-refractivity contribution in [2.75, 3.05) is 20.6 Å². The maximum Gasteiger partial charge on any atom is 0.263 e. The summed E-state index contributed by atoms with van der Waals surface area (Å²) in [5.41, 5.74) is 2.90. The van der Waals surface area contributed by atoms with Crippen molar-refractivity contribution in [3.8, 4) is 0 Å². The zero-order chi connectivity index (χ0) is 19.4. The summed E-state index contributed by atoms with van der Waals surface area (Å²) in [7, 11) is 4.01. The molecule has 3 rings (SSSR count). The predicted octanol–water partition coefficient (Wildman–Crippen LogP) is 4.28. The van der Waals surface area contributed by atoms with Crippen LogP contribution in [-0.2, 0) is 6.42 Å². The summed E-state index contributed by atoms with van der Waals surface area (Å²) in [6.07, 6.45) is 0.592. The fourth-order valence-corrected chi connectivity index (χ4v) is 4.57. The maximum absolute atomic E-state index is 13.0. The number of thiophene rings is 1. The van der Waals surface area contributed by atoms with Crippen LogP contribution in [-0.4, -0.2) is 36.4 Å². The van der Waals surface area contributed by atoms with E-state index in [0.717, 1.165) is 16.3 Å². The van der Waals surface area contributed by atoms with Gasteiger partial charge in [0.25, 0.3) is 5.91 Å². The van der Waals surface area contributed by atoms with Gasteiger partial charge in [-0.2, -0.15) is 11.3 Å². The maximum atomic E-state index is 13.0. The quantitative estimate of drug-likeness (QED) is 0.641. The summed E-state index contributed by atoms with van der Waals surface area (Å²) in [6.45, 7) is 2.38. The molecule has 27 heavy (non-hydrogen) atoms. The lowest BCUT2D eigenvalue weighted by Gasteiger charge is -2.23. The van der Waals surface area contributed by atoms with E-state index in [2.05, 4.69) is 26.6 Å². The number of nitrogens with one attached hydrogen (secondary N) is 1. The molecule has 0 aliphatic heterocycles. The first-order chi connectivity index (χ1) is 12.9. The van der Waals surface area contributed by atoms with E-state index in [9.17, 15) is 9.18 Å². The topological polar surface area (TPSA) is 45.2 Å². The van der Waals surface area contributed by atoms with E-state index in [1.54, 1.807) is 23.5 Å². The van der Waals surface area contributed by atoms with Crippen molar-refractivity contribution in [2.45, 2.75) is 19.4 Å². The van der Waals surface area contributed by atoms with Gasteiger partial charge in [0.1, 0.15) is 10.7 Å². The zero-order valence-corrected chi connectivity index (χ0v) is 17.2. The lowest BCUT2D eigenvalue weighted by Crippen LogP contribution is -2.34. The molecule has 3 aromatic rings. The van der Waals surface area contributed by atoms with Crippen molar-refractivity contribution in [1.82, 2.24) is 15.2 Å². The van der Waals surface area contributed by atoms with Crippen molar-refractivity contribution in [2.24, 2.45) is 0 Å². The van der Waals surface area contributed by atoms with Crippen LogP contribution in [0.1, 0.15) is 37.5 Å². The first-order valence-electron chi connectivity index (χ1n) is 8.61. The number of carbonyl (C=O) groups excluding carboxylic acids is 1. The van der Waals surface area contributed by atoms with Gasteiger partial charge in [0.05, 0.1) is 16.7 Å². The number of amides is 1. The summed E-state index contributed by atoms with van der Waals surface area (Å²) in [6, 6.07) is 8.58. The Morgan fingerprint density at radius 3 is 2.63 bits per heavy atom. The molecule has 1 unspecified atom stereocenters. The molecule has 2 heterocycles. The Balaban J connectivity index is 1.66. The molecule has 0 saturated heterocycles. The Kier molecular flexibility index (Phi) is 6.36. The molecular weight excluding hydrogens is 381 g/mol. The molecule has 4 nitrogen and oxygen atoms in total. The molecule has 0 saturated carbocycles. The van der Waals surface area contributed by atoms with Crippen molar-refractivity contribution >= 4 is 28.6 Å². The Morgan fingerprint density at radius 1 is 1.26 bits per heavy atom. The predicted molar refractivity (Wildman–Crippen MR) is 109 cm³/mol. The highest BCUT2D eigenvalue weighted by molar-refractivity contribution is 7.13. The lowest BCUT2D eigenvalue weighted by molar-refractivity contribution is 0.0945. The van der Waals surface area contributed by atoms with Gasteiger partial charge in [0.2, 0.25) is 0 Å². The molecule has 0 spiro atoms. The molecule has 7 heteroatoms. The Labute approximate surface area is 166 Å². The molecule has 0 bridgehead atoms. The number of thiazole rings is 1. The van der Waals surface area contributed by atoms with Gasteiger partial charge in [0.15, 0.2) is 0 Å². The second-order valence-electron chi connectivity index (χ2n) is 6.57. The standard InChI is InChI=1S/C20H22FN3OS2/c1-13-19(27-18(23-13)10-14-4-6-16(21)7-5-14)20(25)22-11-17(24(2)3)15-8-9-26-12-15/h4-9,12,17H,10-11H2,1-3H3,(H,22,25). The summed E-state index contributed by atoms with van der Waals surface area (Å²) < 4.78 is 13.0. The second kappa shape index (κ2) is 8.73. The number of aromatic nitrogens is 1. The lowest BCUT2D eigenvalue weighted by atomic mass is 10.1. The van der Waals surface area contributed by atoms with Gasteiger partial charge in [-0.15, -0.1) is 11.3 Å². The van der Waals surface area contributed by atoms with Gasteiger partial charge in [-0.05, 0) is 61.1 Å². The van der Waals surface area contributed by atoms with Crippen molar-refractivity contribution in [3.63, 3.8) is 0 Å². The fourth-order valence-electron chi connectivity index (χ4n) is 2.85. The number of rotatable bonds is 7. The summed E-state index contributed by atoms with van der Waals surface area (Å²) >= 11 is 3.05. The Hall–Kier alpha value is -2.09. The first-order valence-corrected chi connectivity index (χ1v) is 10.4. The monoisotopic (exact) mass is 403 g/mol. The number of likely N-dealkylation sites (N-methyl/N-ethyl adjacent to an activating group) is 1. The van der Waals surface area contributed by atoms with E-state index in [-0.39, 0.29) is 17.8 Å². The van der Waals surface area contributed by atoms with E-state index in [1.165, 1.54) is 29.0 Å². The van der Waals surface area contributed by atoms with Crippen LogP contribution in [0.25, 0.3) is 0 Å². The van der Waals surface area contributed by atoms with Crippen molar-refractivity contribution in [1.29, 1.82) is 0 Å². The summed E-state index contributed by atoms with van der Waals surface area (Å²) in [5, 5.41) is 8.04. The van der Waals surface area contributed by atoms with Crippen LogP contribution in [0.15, 0.2) is 41.1 Å². The van der Waals surface area contributed by atoms with Crippen LogP contribution in [0.3, 0.4) is 0 Å². The van der Waals surface area contributed by atoms with Gasteiger partial charge in [-0.1, -0.05) is 12.1 Å². The highest BCUT2D eigenvalue weighted by atomic mass is 32.1. The molecule has 0 fully saturated rings. The van der Waals surface area contributed by atoms with Crippen LogP contribution < -0.4 is 5.32 Å². The number of aryl methyl sites for hydroxylation is 1. The largest absolute Gasteiger partial charge is 0.349 e. The number of benzene rings is 1. The van der Waals surface area contributed by atoms with E-state index in [4.69, 9.17) is 0 Å². The average Bonchev–Trinajstić information content (AvgIpc) is 3.27. The minimum absolute atomic E-state index is 0.0996. The van der Waals surface area contributed by atoms with E-state index >= 15 is 0 Å². The smallest absolute Gasteiger partial charge is 0.263 e. The Bertz CT molecular complexity index is 889. The number of halogens is 1. The minimum atomic E-state index is -0.254. The van der Waals surface area contributed by atoms with Crippen molar-refractivity contribution < 1.29 is 9.18 Å². The van der Waals surface area contributed by atoms with Crippen molar-refractivity contribution in [3.05, 3.63) is 73.6 Å². The van der Waals surface area contributed by atoms with Crippen LogP contribution in [0, 0.1) is 12.7 Å². The third kappa shape index (κ3) is 5.00. The SMILES string of the molecule is Cc1nc(Cc2ccc(F)cc2)sc1C(=O)NCC(c1ccsc1)N(C)C. The average molecular weight is 404 g/mol. The van der Waals surface area contributed by atoms with Gasteiger partial charge in [0, 0.05) is 13.0 Å². The van der Waals surface area contributed by atoms with E-state index in [0.29, 0.717) is 17.8 Å². The Morgan fingerprint density at radius 2 is 2.00 bits per heavy atom. The van der Waals surface area contributed by atoms with Gasteiger partial charge < -0.3 is 10.2 Å². The molecule has 1 N–H and O–H groups in total. The highest BCUT2D eigenvalue weighted by Gasteiger charge is 2.19. The van der Waals surface area contributed by atoms with Crippen LogP contribution in [0.5, 0.6) is 0 Å². The van der Waals surface area contributed by atoms with Crippen LogP contribution in [0.4, 0.5) is 4.39 Å². The molecule has 1 aromatic carbocycles. The zero-order valence-electron chi connectivity index (χ0n) is 15.5. The van der Waals surface area contributed by atoms with Gasteiger partial charge >= 0.3 is 0 Å². The molecule has 2 aromatic heterocycles. The molecule has 1 amide bonds. The highest BCUT2D eigenvalue weighted by Crippen LogP contribution is 2.23. The minimum Gasteiger partial charge on any atom is -0.349 e. The number of hydrogen-bond acceptors (Lipinski definition) is 5. The van der Waals surface area contributed by atoms with Crippen LogP contribution in [0.2, 0.25) is 0 Å². The molecule has 1 atom stereocenters. The van der Waals surface area contributed by atoms with E-state index < -0.39 is 0 Å². The molecule has 0 aliphatic rings. The summed E-state index contributed by atoms with van der Waals surface area (Å²) in [5.74, 6) is -0.354. The number of hydrogen-bond donors (Lipinski definition) is 1. The molecule has 142 valence electrons. The molecular formula is C20H22FN3OS2. The van der Waals surface area contributed by atoms with Crippen LogP contribution >= 0.6 is 22.7 Å². The number of carbonyl (C=O) groups is 1. The molecule has 0 aliphatic carbocycles. The third-order valence-corrected chi connectivity index (χ3v) is 6.18. The van der Waals surface area contributed by atoms with Gasteiger partial charge in [-0.3, -0.25) is 4.79 Å². The molecule has 0 radical (unpaired) electrons. The summed E-state index contributed by atoms with van der Waals surface area (Å²) in [4.78, 5) is 19.9. The number of nitrogens with zero attached hydrogens (tertiary/aromatic N) is 2. The van der Waals surface area contributed by atoms with E-state index in [1.807, 2.05) is 26.4 Å². The third-order valence-electron chi connectivity index (χ3n) is 4.32.